The van der Waals surface area contributed by atoms with E-state index in [4.69, 9.17) is 5.11 Å². The average Bonchev–Trinajstić information content (AvgIpc) is 2.47. The van der Waals surface area contributed by atoms with Gasteiger partial charge < -0.3 is 5.11 Å². The van der Waals surface area contributed by atoms with Gasteiger partial charge in [0, 0.05) is 17.5 Å². The minimum absolute atomic E-state index is 0.295. The molecule has 0 spiro atoms. The summed E-state index contributed by atoms with van der Waals surface area (Å²) in [4.78, 5) is 19.7. The molecule has 1 atom stereocenters. The number of hydrogen-bond acceptors (Lipinski definition) is 3. The van der Waals surface area contributed by atoms with Crippen LogP contribution >= 0.6 is 0 Å². The van der Waals surface area contributed by atoms with Gasteiger partial charge in [-0.1, -0.05) is 0 Å². The van der Waals surface area contributed by atoms with Crippen molar-refractivity contribution in [2.75, 3.05) is 0 Å². The number of halogens is 1. The standard InChI is InChI=1S/C15H13FN2O2/c16-12-4-1-9(2-5-12)14-17-8-11-7-10(15(19)20)3-6-13(11)18-14/h1-2,4-5,8,10H,3,6-7H2,(H,19,20). The van der Waals surface area contributed by atoms with Gasteiger partial charge in [0.15, 0.2) is 5.82 Å². The van der Waals surface area contributed by atoms with Crippen molar-refractivity contribution in [2.24, 2.45) is 5.92 Å². The van der Waals surface area contributed by atoms with E-state index in [1.165, 1.54) is 12.1 Å². The lowest BCUT2D eigenvalue weighted by atomic mass is 9.87. The molecule has 0 aliphatic heterocycles. The summed E-state index contributed by atoms with van der Waals surface area (Å²) in [5.41, 5.74) is 2.56. The van der Waals surface area contributed by atoms with Gasteiger partial charge in [-0.2, -0.15) is 0 Å². The van der Waals surface area contributed by atoms with Gasteiger partial charge in [-0.15, -0.1) is 0 Å². The van der Waals surface area contributed by atoms with Gasteiger partial charge in [0.1, 0.15) is 5.82 Å². The first-order valence-corrected chi connectivity index (χ1v) is 6.47. The molecule has 1 aliphatic rings. The maximum atomic E-state index is 12.9. The predicted molar refractivity (Wildman–Crippen MR) is 70.6 cm³/mol. The highest BCUT2D eigenvalue weighted by Crippen LogP contribution is 2.26. The Morgan fingerprint density at radius 3 is 2.75 bits per heavy atom. The van der Waals surface area contributed by atoms with Crippen molar-refractivity contribution >= 4 is 5.97 Å². The lowest BCUT2D eigenvalue weighted by Crippen LogP contribution is -2.23. The fraction of sp³-hybridized carbons (Fsp3) is 0.267. The van der Waals surface area contributed by atoms with Crippen LogP contribution in [0.25, 0.3) is 11.4 Å². The average molecular weight is 272 g/mol. The molecule has 1 unspecified atom stereocenters. The molecule has 1 aromatic heterocycles. The van der Waals surface area contributed by atoms with Crippen LogP contribution in [0.4, 0.5) is 4.39 Å². The quantitative estimate of drug-likeness (QED) is 0.912. The van der Waals surface area contributed by atoms with E-state index in [1.807, 2.05) is 0 Å². The van der Waals surface area contributed by atoms with E-state index in [9.17, 15) is 9.18 Å². The Morgan fingerprint density at radius 1 is 1.30 bits per heavy atom. The van der Waals surface area contributed by atoms with Gasteiger partial charge in [-0.05, 0) is 49.1 Å². The van der Waals surface area contributed by atoms with Crippen LogP contribution in [-0.2, 0) is 17.6 Å². The molecule has 1 heterocycles. The monoisotopic (exact) mass is 272 g/mol. The van der Waals surface area contributed by atoms with Gasteiger partial charge in [-0.3, -0.25) is 4.79 Å². The minimum atomic E-state index is -0.765. The van der Waals surface area contributed by atoms with E-state index in [-0.39, 0.29) is 11.7 Å². The fourth-order valence-electron chi connectivity index (χ4n) is 2.46. The largest absolute Gasteiger partial charge is 0.481 e. The van der Waals surface area contributed by atoms with Crippen LogP contribution in [0.2, 0.25) is 0 Å². The molecule has 3 rings (SSSR count). The number of hydrogen-bond donors (Lipinski definition) is 1. The molecule has 1 aliphatic carbocycles. The first-order valence-electron chi connectivity index (χ1n) is 6.47. The Bertz CT molecular complexity index is 655. The van der Waals surface area contributed by atoms with Crippen LogP contribution < -0.4 is 0 Å². The molecular weight excluding hydrogens is 259 g/mol. The van der Waals surface area contributed by atoms with Crippen molar-refractivity contribution in [1.29, 1.82) is 0 Å². The fourth-order valence-corrected chi connectivity index (χ4v) is 2.46. The molecule has 0 saturated heterocycles. The van der Waals surface area contributed by atoms with Crippen molar-refractivity contribution in [2.45, 2.75) is 19.3 Å². The smallest absolute Gasteiger partial charge is 0.306 e. The van der Waals surface area contributed by atoms with Crippen molar-refractivity contribution in [3.05, 3.63) is 47.5 Å². The number of carboxylic acid groups (broad SMARTS) is 1. The number of aromatic nitrogens is 2. The van der Waals surface area contributed by atoms with Crippen LogP contribution in [0.3, 0.4) is 0 Å². The molecule has 0 saturated carbocycles. The zero-order valence-corrected chi connectivity index (χ0v) is 10.7. The number of carboxylic acids is 1. The summed E-state index contributed by atoms with van der Waals surface area (Å²) in [7, 11) is 0. The molecule has 0 amide bonds. The zero-order chi connectivity index (χ0) is 14.1. The lowest BCUT2D eigenvalue weighted by molar-refractivity contribution is -0.142. The second-order valence-corrected chi connectivity index (χ2v) is 4.95. The highest BCUT2D eigenvalue weighted by molar-refractivity contribution is 5.71. The van der Waals surface area contributed by atoms with E-state index in [0.29, 0.717) is 25.1 Å². The van der Waals surface area contributed by atoms with Gasteiger partial charge >= 0.3 is 5.97 Å². The van der Waals surface area contributed by atoms with Crippen molar-refractivity contribution in [3.63, 3.8) is 0 Å². The maximum absolute atomic E-state index is 12.9. The van der Waals surface area contributed by atoms with Gasteiger partial charge in [0.2, 0.25) is 0 Å². The summed E-state index contributed by atoms with van der Waals surface area (Å²) >= 11 is 0. The summed E-state index contributed by atoms with van der Waals surface area (Å²) < 4.78 is 12.9. The topological polar surface area (TPSA) is 63.1 Å². The molecule has 4 nitrogen and oxygen atoms in total. The van der Waals surface area contributed by atoms with Gasteiger partial charge in [0.05, 0.1) is 5.92 Å². The van der Waals surface area contributed by atoms with Crippen LogP contribution in [-0.4, -0.2) is 21.0 Å². The summed E-state index contributed by atoms with van der Waals surface area (Å²) in [6.45, 7) is 0. The molecule has 2 aromatic rings. The predicted octanol–water partition coefficient (Wildman–Crippen LogP) is 2.47. The number of rotatable bonds is 2. The summed E-state index contributed by atoms with van der Waals surface area (Å²) in [6.07, 6.45) is 3.41. The summed E-state index contributed by atoms with van der Waals surface area (Å²) in [5, 5.41) is 9.05. The normalized spacial score (nSPS) is 17.6. The van der Waals surface area contributed by atoms with Crippen LogP contribution in [0, 0.1) is 11.7 Å². The van der Waals surface area contributed by atoms with E-state index in [1.54, 1.807) is 18.3 Å². The van der Waals surface area contributed by atoms with Crippen molar-refractivity contribution < 1.29 is 14.3 Å². The summed E-state index contributed by atoms with van der Waals surface area (Å²) in [6, 6.07) is 6.02. The number of carbonyl (C=O) groups is 1. The summed E-state index contributed by atoms with van der Waals surface area (Å²) in [5.74, 6) is -0.852. The Balaban J connectivity index is 1.91. The van der Waals surface area contributed by atoms with E-state index in [2.05, 4.69) is 9.97 Å². The molecule has 1 aromatic carbocycles. The maximum Gasteiger partial charge on any atom is 0.306 e. The minimum Gasteiger partial charge on any atom is -0.481 e. The Kier molecular flexibility index (Phi) is 3.18. The highest BCUT2D eigenvalue weighted by atomic mass is 19.1. The molecule has 0 radical (unpaired) electrons. The molecule has 5 heteroatoms. The SMILES string of the molecule is O=C(O)C1CCc2nc(-c3ccc(F)cc3)ncc2C1. The second-order valence-electron chi connectivity index (χ2n) is 4.95. The first kappa shape index (κ1) is 12.7. The number of aryl methyl sites for hydroxylation is 1. The molecule has 102 valence electrons. The molecule has 0 fully saturated rings. The van der Waals surface area contributed by atoms with E-state index < -0.39 is 5.97 Å². The Morgan fingerprint density at radius 2 is 2.05 bits per heavy atom. The molecular formula is C15H13FN2O2. The molecule has 20 heavy (non-hydrogen) atoms. The number of benzene rings is 1. The van der Waals surface area contributed by atoms with Gasteiger partial charge in [-0.25, -0.2) is 14.4 Å². The van der Waals surface area contributed by atoms with E-state index >= 15 is 0 Å². The van der Waals surface area contributed by atoms with Gasteiger partial charge in [0.25, 0.3) is 0 Å². The third kappa shape index (κ3) is 2.39. The van der Waals surface area contributed by atoms with Crippen LogP contribution in [0.1, 0.15) is 17.7 Å². The molecule has 1 N–H and O–H groups in total. The number of aliphatic carboxylic acids is 1. The highest BCUT2D eigenvalue weighted by Gasteiger charge is 2.25. The Labute approximate surface area is 115 Å². The first-order chi connectivity index (χ1) is 9.63. The number of nitrogens with zero attached hydrogens (tertiary/aromatic N) is 2. The van der Waals surface area contributed by atoms with Crippen LogP contribution in [0.15, 0.2) is 30.5 Å². The van der Waals surface area contributed by atoms with Crippen molar-refractivity contribution in [3.8, 4) is 11.4 Å². The Hall–Kier alpha value is -2.30. The third-order valence-electron chi connectivity index (χ3n) is 3.60. The van der Waals surface area contributed by atoms with Crippen LogP contribution in [0.5, 0.6) is 0 Å². The second kappa shape index (κ2) is 5.00. The lowest BCUT2D eigenvalue weighted by Gasteiger charge is -2.20. The number of fused-ring (bicyclic) bond motifs is 1. The third-order valence-corrected chi connectivity index (χ3v) is 3.60. The molecule has 0 bridgehead atoms. The zero-order valence-electron chi connectivity index (χ0n) is 10.7. The van der Waals surface area contributed by atoms with E-state index in [0.717, 1.165) is 16.8 Å². The van der Waals surface area contributed by atoms with Crippen molar-refractivity contribution in [1.82, 2.24) is 9.97 Å².